The first-order valence-electron chi connectivity index (χ1n) is 9.48. The molecule has 0 radical (unpaired) electrons. The van der Waals surface area contributed by atoms with E-state index in [1.807, 2.05) is 65.5 Å². The van der Waals surface area contributed by atoms with Crippen molar-refractivity contribution in [2.45, 2.75) is 19.0 Å². The monoisotopic (exact) mass is 368 g/mol. The molecule has 5 nitrogen and oxygen atoms in total. The highest BCUT2D eigenvalue weighted by molar-refractivity contribution is 5.82. The first kappa shape index (κ1) is 16.7. The topological polar surface area (TPSA) is 59.8 Å². The number of amides is 1. The Balaban J connectivity index is 1.49. The van der Waals surface area contributed by atoms with Crippen LogP contribution in [0.4, 0.5) is 0 Å². The zero-order valence-electron chi connectivity index (χ0n) is 15.3. The molecular formula is C23H20N4O. The van der Waals surface area contributed by atoms with Crippen molar-refractivity contribution in [2.75, 3.05) is 0 Å². The van der Waals surface area contributed by atoms with E-state index in [2.05, 4.69) is 27.4 Å². The number of carbonyl (C=O) groups is 1. The highest BCUT2D eigenvalue weighted by atomic mass is 16.1. The summed E-state index contributed by atoms with van der Waals surface area (Å²) in [7, 11) is 0. The average molecular weight is 368 g/mol. The number of rotatable bonds is 4. The normalized spacial score (nSPS) is 18.1. The lowest BCUT2D eigenvalue weighted by molar-refractivity contribution is -0.125. The molecule has 4 aromatic rings. The molecule has 0 saturated carbocycles. The van der Waals surface area contributed by atoms with Gasteiger partial charge in [-0.3, -0.25) is 4.79 Å². The van der Waals surface area contributed by atoms with Crippen molar-refractivity contribution in [3.63, 3.8) is 0 Å². The van der Waals surface area contributed by atoms with Gasteiger partial charge < -0.3 is 9.88 Å². The number of pyridine rings is 1. The summed E-state index contributed by atoms with van der Waals surface area (Å²) >= 11 is 0. The van der Waals surface area contributed by atoms with Crippen molar-refractivity contribution in [2.24, 2.45) is 5.92 Å². The van der Waals surface area contributed by atoms with E-state index in [4.69, 9.17) is 0 Å². The molecular weight excluding hydrogens is 348 g/mol. The number of aromatic nitrogens is 3. The van der Waals surface area contributed by atoms with Gasteiger partial charge in [0.15, 0.2) is 5.65 Å². The summed E-state index contributed by atoms with van der Waals surface area (Å²) in [6.07, 6.45) is 4.29. The van der Waals surface area contributed by atoms with Crippen molar-refractivity contribution in [3.05, 3.63) is 95.9 Å². The largest absolute Gasteiger partial charge is 0.352 e. The van der Waals surface area contributed by atoms with E-state index in [1.165, 1.54) is 11.1 Å². The number of fused-ring (bicyclic) bond motifs is 2. The third-order valence-corrected chi connectivity index (χ3v) is 5.47. The van der Waals surface area contributed by atoms with Crippen molar-refractivity contribution < 1.29 is 4.79 Å². The molecule has 2 unspecified atom stereocenters. The van der Waals surface area contributed by atoms with E-state index in [9.17, 15) is 4.79 Å². The molecule has 2 aromatic heterocycles. The number of nitrogens with zero attached hydrogens (tertiary/aromatic N) is 3. The van der Waals surface area contributed by atoms with E-state index < -0.39 is 0 Å². The van der Waals surface area contributed by atoms with Crippen LogP contribution < -0.4 is 5.32 Å². The Morgan fingerprint density at radius 2 is 1.82 bits per heavy atom. The number of imidazole rings is 1. The Bertz CT molecular complexity index is 1140. The minimum absolute atomic E-state index is 0.0582. The van der Waals surface area contributed by atoms with Gasteiger partial charge >= 0.3 is 0 Å². The maximum Gasteiger partial charge on any atom is 0.226 e. The first-order chi connectivity index (χ1) is 13.8. The molecule has 1 N–H and O–H groups in total. The van der Waals surface area contributed by atoms with E-state index >= 15 is 0 Å². The molecule has 0 saturated heterocycles. The maximum atomic E-state index is 13.2. The molecule has 0 aliphatic heterocycles. The van der Waals surface area contributed by atoms with E-state index in [-0.39, 0.29) is 17.9 Å². The Kier molecular flexibility index (Phi) is 4.13. The smallest absolute Gasteiger partial charge is 0.226 e. The number of benzene rings is 2. The van der Waals surface area contributed by atoms with Crippen LogP contribution in [0.25, 0.3) is 11.2 Å². The van der Waals surface area contributed by atoms with Crippen molar-refractivity contribution in [1.82, 2.24) is 19.9 Å². The number of nitrogens with one attached hydrogen (secondary N) is 1. The van der Waals surface area contributed by atoms with Gasteiger partial charge in [0.2, 0.25) is 5.91 Å². The third-order valence-electron chi connectivity index (χ3n) is 5.47. The second-order valence-electron chi connectivity index (χ2n) is 7.16. The van der Waals surface area contributed by atoms with E-state index in [0.717, 1.165) is 16.7 Å². The number of hydrogen-bond acceptors (Lipinski definition) is 3. The van der Waals surface area contributed by atoms with Gasteiger partial charge in [0.25, 0.3) is 0 Å². The van der Waals surface area contributed by atoms with Gasteiger partial charge in [-0.15, -0.1) is 0 Å². The van der Waals surface area contributed by atoms with Gasteiger partial charge in [-0.25, -0.2) is 9.97 Å². The minimum Gasteiger partial charge on any atom is -0.352 e. The molecule has 28 heavy (non-hydrogen) atoms. The van der Waals surface area contributed by atoms with Crippen LogP contribution >= 0.6 is 0 Å². The number of hydrogen-bond donors (Lipinski definition) is 1. The zero-order chi connectivity index (χ0) is 18.9. The van der Waals surface area contributed by atoms with E-state index in [0.29, 0.717) is 13.0 Å². The van der Waals surface area contributed by atoms with Crippen molar-refractivity contribution >= 4 is 17.1 Å². The van der Waals surface area contributed by atoms with Crippen LogP contribution in [0.1, 0.15) is 22.7 Å². The fraction of sp³-hybridized carbons (Fsp3) is 0.174. The summed E-state index contributed by atoms with van der Waals surface area (Å²) < 4.78 is 2.05. The first-order valence-corrected chi connectivity index (χ1v) is 9.48. The van der Waals surface area contributed by atoms with Gasteiger partial charge in [-0.2, -0.15) is 0 Å². The maximum absolute atomic E-state index is 13.2. The number of carbonyl (C=O) groups excluding carboxylic acids is 1. The molecule has 0 spiro atoms. The van der Waals surface area contributed by atoms with Crippen LogP contribution in [0.3, 0.4) is 0 Å². The summed E-state index contributed by atoms with van der Waals surface area (Å²) in [5.41, 5.74) is 5.13. The molecule has 1 aliphatic carbocycles. The Hall–Kier alpha value is -3.47. The molecule has 0 fully saturated rings. The quantitative estimate of drug-likeness (QED) is 0.600. The summed E-state index contributed by atoms with van der Waals surface area (Å²) in [6, 6.07) is 22.0. The van der Waals surface area contributed by atoms with Gasteiger partial charge in [0, 0.05) is 12.7 Å². The average Bonchev–Trinajstić information content (AvgIpc) is 3.34. The second kappa shape index (κ2) is 6.93. The molecule has 0 bridgehead atoms. The predicted octanol–water partition coefficient (Wildman–Crippen LogP) is 3.51. The summed E-state index contributed by atoms with van der Waals surface area (Å²) in [4.78, 5) is 22.2. The van der Waals surface area contributed by atoms with Gasteiger partial charge in [0.1, 0.15) is 5.52 Å². The van der Waals surface area contributed by atoms with Crippen LogP contribution in [0, 0.1) is 5.92 Å². The van der Waals surface area contributed by atoms with Crippen LogP contribution in [0.5, 0.6) is 0 Å². The summed E-state index contributed by atoms with van der Waals surface area (Å²) in [6.45, 7) is 0.530. The molecule has 1 amide bonds. The highest BCUT2D eigenvalue weighted by Crippen LogP contribution is 2.40. The van der Waals surface area contributed by atoms with E-state index in [1.54, 1.807) is 6.20 Å². The molecule has 5 rings (SSSR count). The fourth-order valence-corrected chi connectivity index (χ4v) is 4.14. The van der Waals surface area contributed by atoms with Gasteiger partial charge in [-0.1, -0.05) is 54.6 Å². The van der Waals surface area contributed by atoms with Gasteiger partial charge in [0.05, 0.1) is 18.3 Å². The fourth-order valence-electron chi connectivity index (χ4n) is 4.14. The zero-order valence-corrected chi connectivity index (χ0v) is 15.3. The molecule has 2 heterocycles. The SMILES string of the molecule is O=C(NCc1ccccc1)C1Cc2ccccc2C1n1cnc2cccnc21. The lowest BCUT2D eigenvalue weighted by atomic mass is 9.99. The Labute approximate surface area is 163 Å². The molecule has 2 aromatic carbocycles. The van der Waals surface area contributed by atoms with Crippen LogP contribution in [0.2, 0.25) is 0 Å². The Morgan fingerprint density at radius 1 is 1.00 bits per heavy atom. The van der Waals surface area contributed by atoms with Crippen LogP contribution in [-0.4, -0.2) is 20.4 Å². The Morgan fingerprint density at radius 3 is 2.71 bits per heavy atom. The summed E-state index contributed by atoms with van der Waals surface area (Å²) in [5, 5.41) is 3.12. The molecule has 138 valence electrons. The van der Waals surface area contributed by atoms with Crippen molar-refractivity contribution in [1.29, 1.82) is 0 Å². The van der Waals surface area contributed by atoms with Gasteiger partial charge in [-0.05, 0) is 35.2 Å². The van der Waals surface area contributed by atoms with Crippen molar-refractivity contribution in [3.8, 4) is 0 Å². The second-order valence-corrected chi connectivity index (χ2v) is 7.16. The standard InChI is InChI=1S/C23H20N4O/c28-23(25-14-16-7-2-1-3-8-16)19-13-17-9-4-5-10-18(17)21(19)27-15-26-20-11-6-12-24-22(20)27/h1-12,15,19,21H,13-14H2,(H,25,28). The third kappa shape index (κ3) is 2.85. The predicted molar refractivity (Wildman–Crippen MR) is 108 cm³/mol. The lowest BCUT2D eigenvalue weighted by Gasteiger charge is -2.22. The molecule has 2 atom stereocenters. The molecule has 1 aliphatic rings. The van der Waals surface area contributed by atoms with Crippen LogP contribution in [0.15, 0.2) is 79.3 Å². The molecule has 5 heteroatoms. The summed E-state index contributed by atoms with van der Waals surface area (Å²) in [5.74, 6) is -0.136. The lowest BCUT2D eigenvalue weighted by Crippen LogP contribution is -2.34. The minimum atomic E-state index is -0.194. The van der Waals surface area contributed by atoms with Crippen LogP contribution in [-0.2, 0) is 17.8 Å². The highest BCUT2D eigenvalue weighted by Gasteiger charge is 2.38.